The predicted molar refractivity (Wildman–Crippen MR) is 103 cm³/mol. The minimum Gasteiger partial charge on any atom is -0.492 e. The Labute approximate surface area is 154 Å². The van der Waals surface area contributed by atoms with Crippen LogP contribution < -0.4 is 4.74 Å². The number of aromatic nitrogens is 1. The standard InChI is InChI=1S/C22H24N2O2/c25-22(19-15-18-5-1-2-6-21(18)23-16-19)17-7-9-20(10-8-17)26-14-13-24-11-3-4-12-24/h1-2,5-10,15-16,22,25H,3-4,11-14H2. The Kier molecular flexibility index (Phi) is 5.14. The topological polar surface area (TPSA) is 45.6 Å². The van der Waals surface area contributed by atoms with Crippen molar-refractivity contribution in [2.75, 3.05) is 26.2 Å². The van der Waals surface area contributed by atoms with Crippen molar-refractivity contribution in [2.24, 2.45) is 0 Å². The van der Waals surface area contributed by atoms with Crippen LogP contribution in [0.5, 0.6) is 5.75 Å². The average molecular weight is 348 g/mol. The summed E-state index contributed by atoms with van der Waals surface area (Å²) in [6.07, 6.45) is 3.66. The Bertz CT molecular complexity index is 857. The number of nitrogens with zero attached hydrogens (tertiary/aromatic N) is 2. The molecular formula is C22H24N2O2. The molecule has 2 heterocycles. The molecule has 0 amide bonds. The number of ether oxygens (including phenoxy) is 1. The smallest absolute Gasteiger partial charge is 0.119 e. The highest BCUT2D eigenvalue weighted by Gasteiger charge is 2.13. The lowest BCUT2D eigenvalue weighted by atomic mass is 10.0. The summed E-state index contributed by atoms with van der Waals surface area (Å²) < 4.78 is 5.83. The van der Waals surface area contributed by atoms with E-state index < -0.39 is 6.10 Å². The first-order valence-corrected chi connectivity index (χ1v) is 9.27. The van der Waals surface area contributed by atoms with E-state index in [1.807, 2.05) is 54.6 Å². The number of likely N-dealkylation sites (tertiary alicyclic amines) is 1. The van der Waals surface area contributed by atoms with Gasteiger partial charge in [-0.1, -0.05) is 30.3 Å². The zero-order chi connectivity index (χ0) is 17.8. The van der Waals surface area contributed by atoms with Crippen molar-refractivity contribution < 1.29 is 9.84 Å². The van der Waals surface area contributed by atoms with Crippen molar-refractivity contribution >= 4 is 10.9 Å². The van der Waals surface area contributed by atoms with Gasteiger partial charge in [0.15, 0.2) is 0 Å². The summed E-state index contributed by atoms with van der Waals surface area (Å²) in [7, 11) is 0. The molecule has 0 radical (unpaired) electrons. The first kappa shape index (κ1) is 17.0. The van der Waals surface area contributed by atoms with Gasteiger partial charge in [0.05, 0.1) is 5.52 Å². The van der Waals surface area contributed by atoms with Gasteiger partial charge in [-0.2, -0.15) is 0 Å². The summed E-state index contributed by atoms with van der Waals surface area (Å²) in [5, 5.41) is 11.7. The molecule has 1 aromatic heterocycles. The highest BCUT2D eigenvalue weighted by molar-refractivity contribution is 5.78. The van der Waals surface area contributed by atoms with E-state index in [1.54, 1.807) is 6.20 Å². The molecule has 1 atom stereocenters. The SMILES string of the molecule is OC(c1ccc(OCCN2CCCC2)cc1)c1cnc2ccccc2c1. The zero-order valence-corrected chi connectivity index (χ0v) is 14.8. The molecule has 4 rings (SSSR count). The number of pyridine rings is 1. The van der Waals surface area contributed by atoms with Crippen LogP contribution in [0.25, 0.3) is 10.9 Å². The maximum atomic E-state index is 10.7. The third kappa shape index (κ3) is 3.87. The minimum atomic E-state index is -0.689. The summed E-state index contributed by atoms with van der Waals surface area (Å²) in [4.78, 5) is 6.87. The average Bonchev–Trinajstić information content (AvgIpc) is 3.21. The van der Waals surface area contributed by atoms with E-state index in [0.717, 1.165) is 34.3 Å². The summed E-state index contributed by atoms with van der Waals surface area (Å²) in [5.74, 6) is 0.844. The van der Waals surface area contributed by atoms with Gasteiger partial charge >= 0.3 is 0 Å². The fraction of sp³-hybridized carbons (Fsp3) is 0.318. The van der Waals surface area contributed by atoms with E-state index in [9.17, 15) is 5.11 Å². The van der Waals surface area contributed by atoms with E-state index in [2.05, 4.69) is 9.88 Å². The van der Waals surface area contributed by atoms with Crippen molar-refractivity contribution in [3.05, 3.63) is 71.9 Å². The van der Waals surface area contributed by atoms with Crippen molar-refractivity contribution in [1.29, 1.82) is 0 Å². The van der Waals surface area contributed by atoms with Crippen molar-refractivity contribution in [1.82, 2.24) is 9.88 Å². The molecule has 4 heteroatoms. The van der Waals surface area contributed by atoms with Crippen LogP contribution in [0.4, 0.5) is 0 Å². The summed E-state index contributed by atoms with van der Waals surface area (Å²) in [6.45, 7) is 4.06. The van der Waals surface area contributed by atoms with Crippen LogP contribution in [0.15, 0.2) is 60.8 Å². The van der Waals surface area contributed by atoms with Crippen LogP contribution in [0.1, 0.15) is 30.1 Å². The lowest BCUT2D eigenvalue weighted by Gasteiger charge is -2.16. The molecule has 0 aliphatic carbocycles. The normalized spacial score (nSPS) is 16.0. The number of hydrogen-bond donors (Lipinski definition) is 1. The third-order valence-corrected chi connectivity index (χ3v) is 5.00. The Morgan fingerprint density at radius 2 is 1.77 bits per heavy atom. The summed E-state index contributed by atoms with van der Waals surface area (Å²) in [5.41, 5.74) is 2.57. The van der Waals surface area contributed by atoms with E-state index in [0.29, 0.717) is 6.61 Å². The largest absolute Gasteiger partial charge is 0.492 e. The van der Waals surface area contributed by atoms with Gasteiger partial charge in [-0.25, -0.2) is 0 Å². The van der Waals surface area contributed by atoms with Crippen molar-refractivity contribution in [2.45, 2.75) is 18.9 Å². The van der Waals surface area contributed by atoms with Gasteiger partial charge < -0.3 is 9.84 Å². The third-order valence-electron chi connectivity index (χ3n) is 5.00. The fourth-order valence-electron chi connectivity index (χ4n) is 3.48. The lowest BCUT2D eigenvalue weighted by molar-refractivity contribution is 0.219. The Morgan fingerprint density at radius 3 is 2.58 bits per heavy atom. The molecule has 0 spiro atoms. The van der Waals surface area contributed by atoms with Gasteiger partial charge in [-0.05, 0) is 55.8 Å². The van der Waals surface area contributed by atoms with E-state index in [1.165, 1.54) is 25.9 Å². The Morgan fingerprint density at radius 1 is 1.00 bits per heavy atom. The molecule has 3 aromatic rings. The molecule has 1 aliphatic rings. The predicted octanol–water partition coefficient (Wildman–Crippen LogP) is 3.79. The van der Waals surface area contributed by atoms with E-state index >= 15 is 0 Å². The number of hydrogen-bond acceptors (Lipinski definition) is 4. The molecular weight excluding hydrogens is 324 g/mol. The zero-order valence-electron chi connectivity index (χ0n) is 14.8. The Balaban J connectivity index is 1.40. The van der Waals surface area contributed by atoms with Crippen LogP contribution in [0, 0.1) is 0 Å². The number of para-hydroxylation sites is 1. The highest BCUT2D eigenvalue weighted by Crippen LogP contribution is 2.25. The first-order valence-electron chi connectivity index (χ1n) is 9.27. The molecule has 0 bridgehead atoms. The van der Waals surface area contributed by atoms with Crippen molar-refractivity contribution in [3.63, 3.8) is 0 Å². The number of benzene rings is 2. The second-order valence-corrected chi connectivity index (χ2v) is 6.83. The van der Waals surface area contributed by atoms with Gasteiger partial charge in [0, 0.05) is 23.7 Å². The van der Waals surface area contributed by atoms with Gasteiger partial charge in [-0.3, -0.25) is 9.88 Å². The summed E-state index contributed by atoms with van der Waals surface area (Å²) >= 11 is 0. The van der Waals surface area contributed by atoms with Gasteiger partial charge in [0.1, 0.15) is 18.5 Å². The molecule has 1 fully saturated rings. The molecule has 2 aromatic carbocycles. The van der Waals surface area contributed by atoms with E-state index in [-0.39, 0.29) is 0 Å². The molecule has 4 nitrogen and oxygen atoms in total. The van der Waals surface area contributed by atoms with Gasteiger partial charge in [0.25, 0.3) is 0 Å². The number of aliphatic hydroxyl groups excluding tert-OH is 1. The molecule has 1 unspecified atom stereocenters. The quantitative estimate of drug-likeness (QED) is 0.736. The van der Waals surface area contributed by atoms with Gasteiger partial charge in [-0.15, -0.1) is 0 Å². The first-order chi connectivity index (χ1) is 12.8. The summed E-state index contributed by atoms with van der Waals surface area (Å²) in [6, 6.07) is 17.6. The fourth-order valence-corrected chi connectivity index (χ4v) is 3.48. The highest BCUT2D eigenvalue weighted by atomic mass is 16.5. The Hall–Kier alpha value is -2.43. The molecule has 26 heavy (non-hydrogen) atoms. The maximum absolute atomic E-state index is 10.7. The van der Waals surface area contributed by atoms with Crippen molar-refractivity contribution in [3.8, 4) is 5.75 Å². The molecule has 1 aliphatic heterocycles. The molecule has 134 valence electrons. The van der Waals surface area contributed by atoms with E-state index in [4.69, 9.17) is 4.74 Å². The molecule has 1 saturated heterocycles. The number of rotatable bonds is 6. The van der Waals surface area contributed by atoms with Gasteiger partial charge in [0.2, 0.25) is 0 Å². The molecule has 0 saturated carbocycles. The number of fused-ring (bicyclic) bond motifs is 1. The number of aliphatic hydroxyl groups is 1. The van der Waals surface area contributed by atoms with Crippen LogP contribution in [0.2, 0.25) is 0 Å². The second-order valence-electron chi connectivity index (χ2n) is 6.83. The molecule has 1 N–H and O–H groups in total. The monoisotopic (exact) mass is 348 g/mol. The van der Waals surface area contributed by atoms with Crippen LogP contribution >= 0.6 is 0 Å². The lowest BCUT2D eigenvalue weighted by Crippen LogP contribution is -2.25. The minimum absolute atomic E-state index is 0.689. The van der Waals surface area contributed by atoms with Crippen LogP contribution in [0.3, 0.4) is 0 Å². The maximum Gasteiger partial charge on any atom is 0.119 e. The van der Waals surface area contributed by atoms with Crippen LogP contribution in [-0.4, -0.2) is 41.2 Å². The second kappa shape index (κ2) is 7.85. The van der Waals surface area contributed by atoms with Crippen LogP contribution in [-0.2, 0) is 0 Å².